The van der Waals surface area contributed by atoms with Gasteiger partial charge in [0, 0.05) is 31.1 Å². The van der Waals surface area contributed by atoms with Crippen molar-refractivity contribution in [2.75, 3.05) is 51.3 Å². The summed E-state index contributed by atoms with van der Waals surface area (Å²) < 4.78 is 5.34. The van der Waals surface area contributed by atoms with E-state index in [1.807, 2.05) is 0 Å². The second-order valence-corrected chi connectivity index (χ2v) is 10.7. The summed E-state index contributed by atoms with van der Waals surface area (Å²) in [5.41, 5.74) is 1.23. The first-order valence-corrected chi connectivity index (χ1v) is 14.1. The Bertz CT molecular complexity index is 1060. The zero-order valence-corrected chi connectivity index (χ0v) is 25.3. The van der Waals surface area contributed by atoms with E-state index in [1.165, 1.54) is 23.4 Å². The van der Waals surface area contributed by atoms with Crippen LogP contribution in [0.4, 0.5) is 0 Å². The number of esters is 1. The number of nitrogens with zero attached hydrogens (tertiary/aromatic N) is 3. The second-order valence-electron chi connectivity index (χ2n) is 9.85. The average molecular weight is 641 g/mol. The SMILES string of the molecule is COC(=O)C1C(c2ccc3ccccc3c2)CC2CCC1N2CCCN(CC[S-])CC([O-])=NCC[S-].[O-2].[Tc+5]. The first-order chi connectivity index (χ1) is 17.5. The van der Waals surface area contributed by atoms with Crippen molar-refractivity contribution >= 4 is 47.9 Å². The van der Waals surface area contributed by atoms with E-state index in [1.54, 1.807) is 0 Å². The molecule has 38 heavy (non-hydrogen) atoms. The third-order valence-electron chi connectivity index (χ3n) is 7.78. The Morgan fingerprint density at radius 2 is 1.89 bits per heavy atom. The zero-order valence-electron chi connectivity index (χ0n) is 21.8. The number of hydrogen-bond acceptors (Lipinski definition) is 8. The minimum absolute atomic E-state index is 0. The number of fused-ring (bicyclic) bond motifs is 3. The Morgan fingerprint density at radius 3 is 2.61 bits per heavy atom. The molecule has 10 heteroatoms. The molecule has 206 valence electrons. The van der Waals surface area contributed by atoms with Gasteiger partial charge in [-0.1, -0.05) is 42.5 Å². The molecule has 2 fully saturated rings. The fourth-order valence-electron chi connectivity index (χ4n) is 6.19. The topological polar surface area (TPSA) is 96.7 Å². The Labute approximate surface area is 250 Å². The number of ether oxygens (including phenoxy) is 1. The van der Waals surface area contributed by atoms with Gasteiger partial charge in [-0.15, -0.1) is 0 Å². The molecular weight excluding hydrogens is 604 g/mol. The van der Waals surface area contributed by atoms with Crippen LogP contribution in [-0.2, 0) is 60.4 Å². The predicted molar refractivity (Wildman–Crippen MR) is 149 cm³/mol. The van der Waals surface area contributed by atoms with Gasteiger partial charge in [-0.3, -0.25) is 9.69 Å². The second kappa shape index (κ2) is 16.2. The number of piperidine rings is 1. The van der Waals surface area contributed by atoms with Crippen molar-refractivity contribution in [1.29, 1.82) is 0 Å². The Morgan fingerprint density at radius 1 is 1.13 bits per heavy atom. The van der Waals surface area contributed by atoms with Crippen LogP contribution in [0, 0.1) is 5.92 Å². The van der Waals surface area contributed by atoms with Gasteiger partial charge in [0.25, 0.3) is 0 Å². The number of carbonyl (C=O) groups excluding carboxylic acids is 1. The summed E-state index contributed by atoms with van der Waals surface area (Å²) in [7, 11) is 1.51. The van der Waals surface area contributed by atoms with Crippen molar-refractivity contribution in [3.05, 3.63) is 48.0 Å². The molecule has 0 radical (unpaired) electrons. The monoisotopic (exact) mass is 639 g/mol. The third kappa shape index (κ3) is 7.96. The van der Waals surface area contributed by atoms with Gasteiger partial charge < -0.3 is 50.5 Å². The molecule has 2 bridgehead atoms. The summed E-state index contributed by atoms with van der Waals surface area (Å²) in [5.74, 6) is 0.816. The van der Waals surface area contributed by atoms with Crippen molar-refractivity contribution < 1.29 is 40.2 Å². The van der Waals surface area contributed by atoms with Gasteiger partial charge in [0.1, 0.15) is 0 Å². The van der Waals surface area contributed by atoms with Gasteiger partial charge in [0.2, 0.25) is 0 Å². The molecule has 2 aromatic rings. The van der Waals surface area contributed by atoms with Crippen LogP contribution in [0.15, 0.2) is 47.5 Å². The van der Waals surface area contributed by atoms with Crippen LogP contribution in [-0.4, -0.2) is 85.1 Å². The molecule has 4 unspecified atom stereocenters. The van der Waals surface area contributed by atoms with Gasteiger partial charge in [-0.25, -0.2) is 0 Å². The van der Waals surface area contributed by atoms with Gasteiger partial charge in [-0.2, -0.15) is 11.5 Å². The van der Waals surface area contributed by atoms with Crippen molar-refractivity contribution in [3.63, 3.8) is 0 Å². The Kier molecular flexibility index (Phi) is 14.1. The van der Waals surface area contributed by atoms with E-state index in [0.29, 0.717) is 37.2 Å². The quantitative estimate of drug-likeness (QED) is 0.152. The number of methoxy groups -OCH3 is 1. The summed E-state index contributed by atoms with van der Waals surface area (Å²) in [6.07, 6.45) is 4.01. The van der Waals surface area contributed by atoms with Crippen LogP contribution in [0.1, 0.15) is 37.2 Å². The predicted octanol–water partition coefficient (Wildman–Crippen LogP) is 2.37. The van der Waals surface area contributed by atoms with E-state index in [4.69, 9.17) is 30.0 Å². The van der Waals surface area contributed by atoms with E-state index < -0.39 is 0 Å². The molecule has 4 rings (SSSR count). The number of benzene rings is 2. The van der Waals surface area contributed by atoms with Gasteiger partial charge in [0.15, 0.2) is 0 Å². The fourth-order valence-corrected chi connectivity index (χ4v) is 6.54. The molecule has 0 spiro atoms. The Hall–Kier alpha value is -1.13. The summed E-state index contributed by atoms with van der Waals surface area (Å²) in [6.45, 7) is 3.09. The molecule has 2 aromatic carbocycles. The maximum Gasteiger partial charge on any atom is 5.00 e. The van der Waals surface area contributed by atoms with E-state index in [0.717, 1.165) is 38.8 Å². The standard InChI is InChI=1S/C28H39N3O3S2.O.Tc/c1-34-28(33)27-24(22-8-7-20-5-2-3-6-21(20)17-22)18-23-9-10-25(27)31(23)13-4-12-30(14-16-36)19-26(32)29-11-15-35;;/h2-3,5-8,17,23-25,27,35-36H,4,9-16,18-19H2,1H3,(H,29,32);;/q;-2;+5/p-3. The van der Waals surface area contributed by atoms with Crippen molar-refractivity contribution in [3.8, 4) is 0 Å². The van der Waals surface area contributed by atoms with Crippen LogP contribution < -0.4 is 5.11 Å². The van der Waals surface area contributed by atoms with Crippen molar-refractivity contribution in [2.45, 2.75) is 43.7 Å². The van der Waals surface area contributed by atoms with E-state index in [2.05, 4.69) is 57.3 Å². The smallest absolute Gasteiger partial charge is 2.00 e. The molecule has 2 aliphatic heterocycles. The van der Waals surface area contributed by atoms with Crippen LogP contribution in [0.5, 0.6) is 0 Å². The largest absolute Gasteiger partial charge is 5.00 e. The third-order valence-corrected chi connectivity index (χ3v) is 8.14. The summed E-state index contributed by atoms with van der Waals surface area (Å²) in [6, 6.07) is 15.6. The van der Waals surface area contributed by atoms with Crippen molar-refractivity contribution in [2.24, 2.45) is 10.9 Å². The molecular formula is C28H36N3O4S2Tc. The molecule has 4 atom stereocenters. The van der Waals surface area contributed by atoms with Gasteiger partial charge in [0.05, 0.1) is 13.0 Å². The first-order valence-electron chi connectivity index (χ1n) is 13.0. The first kappa shape index (κ1) is 33.1. The van der Waals surface area contributed by atoms with Crippen LogP contribution in [0.3, 0.4) is 0 Å². The van der Waals surface area contributed by atoms with Gasteiger partial charge in [-0.05, 0) is 67.6 Å². The Balaban J connectivity index is 0.00000253. The number of rotatable bonds is 12. The minimum Gasteiger partial charge on any atom is -2.00 e. The normalized spacial score (nSPS) is 23.2. The van der Waals surface area contributed by atoms with Crippen molar-refractivity contribution in [1.82, 2.24) is 9.80 Å². The van der Waals surface area contributed by atoms with Gasteiger partial charge >= 0.3 is 26.1 Å². The zero-order chi connectivity index (χ0) is 25.5. The van der Waals surface area contributed by atoms with E-state index in [-0.39, 0.29) is 55.3 Å². The molecule has 2 saturated heterocycles. The number of aliphatic imine (C=N–C) groups is 1. The molecule has 0 amide bonds. The summed E-state index contributed by atoms with van der Waals surface area (Å²) in [4.78, 5) is 21.7. The molecule has 0 aromatic heterocycles. The molecule has 2 heterocycles. The molecule has 0 N–H and O–H groups in total. The number of hydrogen-bond donors (Lipinski definition) is 0. The number of carbonyl (C=O) groups is 1. The summed E-state index contributed by atoms with van der Waals surface area (Å²) >= 11 is 10.1. The minimum atomic E-state index is -0.169. The molecule has 0 aliphatic carbocycles. The average Bonchev–Trinajstić information content (AvgIpc) is 3.17. The molecule has 0 saturated carbocycles. The van der Waals surface area contributed by atoms with Crippen LogP contribution in [0.25, 0.3) is 10.8 Å². The fraction of sp³-hybridized carbons (Fsp3) is 0.571. The van der Waals surface area contributed by atoms with Crippen LogP contribution >= 0.6 is 0 Å². The van der Waals surface area contributed by atoms with E-state index >= 15 is 0 Å². The summed E-state index contributed by atoms with van der Waals surface area (Å²) in [5, 5.41) is 14.5. The molecule has 2 aliphatic rings. The van der Waals surface area contributed by atoms with Crippen LogP contribution in [0.2, 0.25) is 0 Å². The maximum atomic E-state index is 13.1. The maximum absolute atomic E-state index is 13.1. The van der Waals surface area contributed by atoms with E-state index in [9.17, 15) is 9.90 Å². The molecule has 7 nitrogen and oxygen atoms in total.